The van der Waals surface area contributed by atoms with Crippen LogP contribution in [0.5, 0.6) is 0 Å². The zero-order chi connectivity index (χ0) is 11.3. The summed E-state index contributed by atoms with van der Waals surface area (Å²) in [5.41, 5.74) is 4.79. The zero-order valence-electron chi connectivity index (χ0n) is 7.98. The monoisotopic (exact) mass is 203 g/mol. The molecule has 0 aromatic carbocycles. The van der Waals surface area contributed by atoms with Crippen LogP contribution < -0.4 is 11.1 Å². The molecule has 0 radical (unpaired) electrons. The molecule has 0 spiro atoms. The number of urea groups is 1. The van der Waals surface area contributed by atoms with Crippen molar-refractivity contribution in [3.8, 4) is 0 Å². The highest BCUT2D eigenvalue weighted by molar-refractivity contribution is 5.85. The van der Waals surface area contributed by atoms with Crippen LogP contribution in [-0.4, -0.2) is 47.5 Å². The van der Waals surface area contributed by atoms with E-state index in [0.717, 1.165) is 4.90 Å². The zero-order valence-corrected chi connectivity index (χ0v) is 7.98. The Morgan fingerprint density at radius 3 is 2.36 bits per heavy atom. The lowest BCUT2D eigenvalue weighted by molar-refractivity contribution is -0.141. The van der Waals surface area contributed by atoms with E-state index in [1.807, 2.05) is 0 Å². The number of primary amides is 1. The van der Waals surface area contributed by atoms with Gasteiger partial charge in [-0.1, -0.05) is 0 Å². The van der Waals surface area contributed by atoms with Gasteiger partial charge in [0.2, 0.25) is 5.91 Å². The van der Waals surface area contributed by atoms with E-state index in [-0.39, 0.29) is 6.54 Å². The van der Waals surface area contributed by atoms with Crippen LogP contribution in [-0.2, 0) is 9.59 Å². The normalized spacial score (nSPS) is 11.6. The van der Waals surface area contributed by atoms with Gasteiger partial charge in [-0.3, -0.25) is 4.79 Å². The number of nitrogens with zero attached hydrogens (tertiary/aromatic N) is 1. The quantitative estimate of drug-likeness (QED) is 0.520. The SMILES string of the molecule is CC(C(=O)O)N(C)C(=O)NCC(N)=O. The average molecular weight is 203 g/mol. The third-order valence-electron chi connectivity index (χ3n) is 1.67. The number of aliphatic carboxylic acids is 1. The summed E-state index contributed by atoms with van der Waals surface area (Å²) in [6, 6.07) is -1.61. The maximum Gasteiger partial charge on any atom is 0.326 e. The number of rotatable bonds is 4. The van der Waals surface area contributed by atoms with Crippen molar-refractivity contribution in [3.05, 3.63) is 0 Å². The first-order chi connectivity index (χ1) is 6.36. The van der Waals surface area contributed by atoms with Gasteiger partial charge in [0.25, 0.3) is 0 Å². The van der Waals surface area contributed by atoms with Gasteiger partial charge in [0, 0.05) is 7.05 Å². The Morgan fingerprint density at radius 2 is 2.00 bits per heavy atom. The third-order valence-corrected chi connectivity index (χ3v) is 1.67. The highest BCUT2D eigenvalue weighted by atomic mass is 16.4. The summed E-state index contributed by atoms with van der Waals surface area (Å²) < 4.78 is 0. The second-order valence-electron chi connectivity index (χ2n) is 2.75. The first-order valence-electron chi connectivity index (χ1n) is 3.88. The second kappa shape index (κ2) is 5.05. The van der Waals surface area contributed by atoms with Gasteiger partial charge >= 0.3 is 12.0 Å². The molecular weight excluding hydrogens is 190 g/mol. The Kier molecular flexibility index (Phi) is 4.41. The predicted molar refractivity (Wildman–Crippen MR) is 47.5 cm³/mol. The van der Waals surface area contributed by atoms with Crippen molar-refractivity contribution >= 4 is 17.9 Å². The summed E-state index contributed by atoms with van der Waals surface area (Å²) in [7, 11) is 1.31. The lowest BCUT2D eigenvalue weighted by Crippen LogP contribution is -2.47. The maximum absolute atomic E-state index is 11.1. The van der Waals surface area contributed by atoms with Gasteiger partial charge < -0.3 is 21.1 Å². The van der Waals surface area contributed by atoms with Gasteiger partial charge in [-0.15, -0.1) is 0 Å². The van der Waals surface area contributed by atoms with Gasteiger partial charge in [-0.25, -0.2) is 9.59 Å². The minimum Gasteiger partial charge on any atom is -0.480 e. The van der Waals surface area contributed by atoms with Crippen LogP contribution >= 0.6 is 0 Å². The Balaban J connectivity index is 4.11. The van der Waals surface area contributed by atoms with Crippen molar-refractivity contribution < 1.29 is 19.5 Å². The minimum atomic E-state index is -1.12. The van der Waals surface area contributed by atoms with E-state index < -0.39 is 23.9 Å². The number of hydrogen-bond acceptors (Lipinski definition) is 3. The highest BCUT2D eigenvalue weighted by Gasteiger charge is 2.21. The number of nitrogens with one attached hydrogen (secondary N) is 1. The average Bonchev–Trinajstić information content (AvgIpc) is 2.11. The van der Waals surface area contributed by atoms with Gasteiger partial charge in [-0.2, -0.15) is 0 Å². The van der Waals surface area contributed by atoms with E-state index in [1.54, 1.807) is 0 Å². The van der Waals surface area contributed by atoms with Crippen LogP contribution in [0.1, 0.15) is 6.92 Å². The predicted octanol–water partition coefficient (Wildman–Crippen LogP) is -1.41. The van der Waals surface area contributed by atoms with Crippen LogP contribution in [0.3, 0.4) is 0 Å². The second-order valence-corrected chi connectivity index (χ2v) is 2.75. The first-order valence-corrected chi connectivity index (χ1v) is 3.88. The number of carbonyl (C=O) groups is 3. The Labute approximate surface area is 80.9 Å². The largest absolute Gasteiger partial charge is 0.480 e. The lowest BCUT2D eigenvalue weighted by Gasteiger charge is -2.21. The van der Waals surface area contributed by atoms with Crippen LogP contribution in [0.25, 0.3) is 0 Å². The van der Waals surface area contributed by atoms with Crippen molar-refractivity contribution in [2.24, 2.45) is 5.73 Å². The summed E-state index contributed by atoms with van der Waals surface area (Å²) in [4.78, 5) is 32.9. The van der Waals surface area contributed by atoms with Crippen LogP contribution in [0, 0.1) is 0 Å². The van der Waals surface area contributed by atoms with E-state index in [9.17, 15) is 14.4 Å². The van der Waals surface area contributed by atoms with Crippen molar-refractivity contribution in [1.29, 1.82) is 0 Å². The number of nitrogens with two attached hydrogens (primary N) is 1. The van der Waals surface area contributed by atoms with Gasteiger partial charge in [0.05, 0.1) is 6.54 Å². The summed E-state index contributed by atoms with van der Waals surface area (Å²) >= 11 is 0. The fraction of sp³-hybridized carbons (Fsp3) is 0.571. The first kappa shape index (κ1) is 12.2. The van der Waals surface area contributed by atoms with Gasteiger partial charge in [-0.05, 0) is 6.92 Å². The Bertz CT molecular complexity index is 253. The fourth-order valence-corrected chi connectivity index (χ4v) is 0.629. The molecule has 0 heterocycles. The van der Waals surface area contributed by atoms with Crippen LogP contribution in [0.4, 0.5) is 4.79 Å². The molecule has 0 aromatic rings. The molecule has 80 valence electrons. The molecule has 4 N–H and O–H groups in total. The van der Waals surface area contributed by atoms with Crippen molar-refractivity contribution in [2.45, 2.75) is 13.0 Å². The standard InChI is InChI=1S/C7H13N3O4/c1-4(6(12)13)10(2)7(14)9-3-5(8)11/h4H,3H2,1-2H3,(H2,8,11)(H,9,14)(H,12,13). The maximum atomic E-state index is 11.1. The third kappa shape index (κ3) is 3.74. The Morgan fingerprint density at radius 1 is 1.50 bits per heavy atom. The number of amides is 3. The topological polar surface area (TPSA) is 113 Å². The smallest absolute Gasteiger partial charge is 0.326 e. The molecule has 1 unspecified atom stereocenters. The molecule has 0 aliphatic rings. The summed E-state index contributed by atoms with van der Waals surface area (Å²) in [6.45, 7) is 1.04. The number of hydrogen-bond donors (Lipinski definition) is 3. The van der Waals surface area contributed by atoms with Gasteiger partial charge in [0.1, 0.15) is 6.04 Å². The number of carboxylic acid groups (broad SMARTS) is 1. The molecule has 7 nitrogen and oxygen atoms in total. The number of carboxylic acids is 1. The molecule has 7 heteroatoms. The van der Waals surface area contributed by atoms with Crippen molar-refractivity contribution in [3.63, 3.8) is 0 Å². The molecule has 0 bridgehead atoms. The van der Waals surface area contributed by atoms with E-state index >= 15 is 0 Å². The number of carbonyl (C=O) groups excluding carboxylic acids is 2. The molecule has 0 aliphatic carbocycles. The van der Waals surface area contributed by atoms with Gasteiger partial charge in [0.15, 0.2) is 0 Å². The van der Waals surface area contributed by atoms with Crippen molar-refractivity contribution in [2.75, 3.05) is 13.6 Å². The highest BCUT2D eigenvalue weighted by Crippen LogP contribution is 1.95. The lowest BCUT2D eigenvalue weighted by atomic mass is 10.3. The molecular formula is C7H13N3O4. The van der Waals surface area contributed by atoms with Crippen LogP contribution in [0.15, 0.2) is 0 Å². The molecule has 0 aliphatic heterocycles. The van der Waals surface area contributed by atoms with E-state index in [1.165, 1.54) is 14.0 Å². The van der Waals surface area contributed by atoms with E-state index in [4.69, 9.17) is 10.8 Å². The molecule has 1 atom stereocenters. The molecule has 3 amide bonds. The number of likely N-dealkylation sites (N-methyl/N-ethyl adjacent to an activating group) is 1. The van der Waals surface area contributed by atoms with Crippen LogP contribution in [0.2, 0.25) is 0 Å². The molecule has 0 fully saturated rings. The Hall–Kier alpha value is -1.79. The summed E-state index contributed by atoms with van der Waals surface area (Å²) in [5, 5.41) is 10.7. The van der Waals surface area contributed by atoms with E-state index in [2.05, 4.69) is 5.32 Å². The molecule has 0 aromatic heterocycles. The van der Waals surface area contributed by atoms with Crippen molar-refractivity contribution in [1.82, 2.24) is 10.2 Å². The molecule has 0 rings (SSSR count). The summed E-state index contributed by atoms with van der Waals surface area (Å²) in [6.07, 6.45) is 0. The molecule has 0 saturated heterocycles. The molecule has 14 heavy (non-hydrogen) atoms. The van der Waals surface area contributed by atoms with E-state index in [0.29, 0.717) is 0 Å². The molecule has 0 saturated carbocycles. The minimum absolute atomic E-state index is 0.310. The summed E-state index contributed by atoms with van der Waals surface area (Å²) in [5.74, 6) is -1.81. The fourth-order valence-electron chi connectivity index (χ4n) is 0.629.